The summed E-state index contributed by atoms with van der Waals surface area (Å²) in [5, 5.41) is 15.7. The lowest BCUT2D eigenvalue weighted by Crippen LogP contribution is -2.17. The molecule has 0 aliphatic heterocycles. The smallest absolute Gasteiger partial charge is 0.271 e. The minimum absolute atomic E-state index is 0.0441. The van der Waals surface area contributed by atoms with Crippen molar-refractivity contribution in [2.24, 2.45) is 5.10 Å². The maximum absolute atomic E-state index is 12.3. The number of non-ortho nitro benzene ring substituents is 1. The van der Waals surface area contributed by atoms with E-state index in [1.54, 1.807) is 42.6 Å². The van der Waals surface area contributed by atoms with Crippen LogP contribution in [0.1, 0.15) is 21.5 Å². The van der Waals surface area contributed by atoms with Gasteiger partial charge in [0.25, 0.3) is 11.6 Å². The average Bonchev–Trinajstić information content (AvgIpc) is 2.83. The van der Waals surface area contributed by atoms with Crippen molar-refractivity contribution in [2.75, 3.05) is 0 Å². The summed E-state index contributed by atoms with van der Waals surface area (Å²) in [6.07, 6.45) is 3.08. The molecule has 8 nitrogen and oxygen atoms in total. The molecule has 0 saturated carbocycles. The molecule has 4 rings (SSSR count). The fourth-order valence-corrected chi connectivity index (χ4v) is 3.05. The van der Waals surface area contributed by atoms with Gasteiger partial charge in [0.05, 0.1) is 11.1 Å². The van der Waals surface area contributed by atoms with E-state index in [9.17, 15) is 14.9 Å². The summed E-state index contributed by atoms with van der Waals surface area (Å²) in [5.41, 5.74) is 5.00. The summed E-state index contributed by atoms with van der Waals surface area (Å²) < 4.78 is 5.91. The number of para-hydroxylation sites is 1. The standard InChI is InChI=1S/C24H18N4O4/c29-24(27-26-15-18-4-1-7-21(14-18)28(30)31)20-11-9-17(10-12-20)16-32-22-8-2-5-19-6-3-13-25-23(19)22/h1-15H,16H2,(H,27,29). The van der Waals surface area contributed by atoms with Crippen molar-refractivity contribution in [3.8, 4) is 5.75 Å². The number of fused-ring (bicyclic) bond motifs is 1. The summed E-state index contributed by atoms with van der Waals surface area (Å²) in [7, 11) is 0. The third-order valence-electron chi connectivity index (χ3n) is 4.67. The number of benzene rings is 3. The first kappa shape index (κ1) is 20.7. The van der Waals surface area contributed by atoms with Gasteiger partial charge in [0.15, 0.2) is 0 Å². The third kappa shape index (κ3) is 4.93. The van der Waals surface area contributed by atoms with E-state index < -0.39 is 10.8 Å². The van der Waals surface area contributed by atoms with Gasteiger partial charge in [0, 0.05) is 34.8 Å². The highest BCUT2D eigenvalue weighted by atomic mass is 16.6. The zero-order valence-corrected chi connectivity index (χ0v) is 16.8. The monoisotopic (exact) mass is 426 g/mol. The molecule has 0 atom stereocenters. The molecule has 0 fully saturated rings. The van der Waals surface area contributed by atoms with Gasteiger partial charge in [-0.15, -0.1) is 0 Å². The van der Waals surface area contributed by atoms with Crippen LogP contribution in [0.2, 0.25) is 0 Å². The number of hydrogen-bond acceptors (Lipinski definition) is 6. The maximum atomic E-state index is 12.3. The highest BCUT2D eigenvalue weighted by Crippen LogP contribution is 2.24. The highest BCUT2D eigenvalue weighted by Gasteiger charge is 2.07. The van der Waals surface area contributed by atoms with Crippen LogP contribution in [-0.2, 0) is 6.61 Å². The summed E-state index contributed by atoms with van der Waals surface area (Å²) >= 11 is 0. The number of rotatable bonds is 7. The van der Waals surface area contributed by atoms with Crippen molar-refractivity contribution in [3.63, 3.8) is 0 Å². The number of amides is 1. The number of aromatic nitrogens is 1. The average molecular weight is 426 g/mol. The van der Waals surface area contributed by atoms with Crippen LogP contribution in [0.25, 0.3) is 10.9 Å². The maximum Gasteiger partial charge on any atom is 0.271 e. The minimum atomic E-state index is -0.488. The van der Waals surface area contributed by atoms with Gasteiger partial charge in [-0.2, -0.15) is 5.10 Å². The number of carbonyl (C=O) groups is 1. The van der Waals surface area contributed by atoms with Crippen molar-refractivity contribution >= 4 is 28.7 Å². The number of nitro benzene ring substituents is 1. The van der Waals surface area contributed by atoms with Gasteiger partial charge in [0.1, 0.15) is 17.9 Å². The van der Waals surface area contributed by atoms with E-state index in [2.05, 4.69) is 15.5 Å². The number of ether oxygens (including phenoxy) is 1. The zero-order chi connectivity index (χ0) is 22.3. The molecule has 1 N–H and O–H groups in total. The summed E-state index contributed by atoms with van der Waals surface area (Å²) in [5.74, 6) is 0.304. The van der Waals surface area contributed by atoms with Crippen LogP contribution < -0.4 is 10.2 Å². The quantitative estimate of drug-likeness (QED) is 0.266. The lowest BCUT2D eigenvalue weighted by molar-refractivity contribution is -0.384. The van der Waals surface area contributed by atoms with Crippen molar-refractivity contribution in [2.45, 2.75) is 6.61 Å². The molecule has 0 saturated heterocycles. The van der Waals surface area contributed by atoms with Crippen LogP contribution in [0, 0.1) is 10.1 Å². The number of nitrogens with one attached hydrogen (secondary N) is 1. The van der Waals surface area contributed by atoms with Crippen molar-refractivity contribution in [3.05, 3.63) is 112 Å². The van der Waals surface area contributed by atoms with Crippen LogP contribution in [0.15, 0.2) is 90.2 Å². The van der Waals surface area contributed by atoms with E-state index in [1.807, 2.05) is 30.3 Å². The predicted molar refractivity (Wildman–Crippen MR) is 121 cm³/mol. The minimum Gasteiger partial charge on any atom is -0.487 e. The van der Waals surface area contributed by atoms with Crippen LogP contribution in [0.3, 0.4) is 0 Å². The van der Waals surface area contributed by atoms with E-state index in [0.29, 0.717) is 23.5 Å². The molecule has 0 bridgehead atoms. The fraction of sp³-hybridized carbons (Fsp3) is 0.0417. The molecule has 1 aromatic heterocycles. The normalized spacial score (nSPS) is 10.9. The van der Waals surface area contributed by atoms with Crippen LogP contribution in [0.5, 0.6) is 5.75 Å². The van der Waals surface area contributed by atoms with Crippen LogP contribution in [-0.4, -0.2) is 22.0 Å². The molecule has 32 heavy (non-hydrogen) atoms. The zero-order valence-electron chi connectivity index (χ0n) is 16.8. The number of pyridine rings is 1. The first-order valence-electron chi connectivity index (χ1n) is 9.73. The van der Waals surface area contributed by atoms with Gasteiger partial charge in [-0.1, -0.05) is 42.5 Å². The summed E-state index contributed by atoms with van der Waals surface area (Å²) in [6.45, 7) is 0.336. The van der Waals surface area contributed by atoms with Gasteiger partial charge in [-0.05, 0) is 29.8 Å². The van der Waals surface area contributed by atoms with E-state index in [-0.39, 0.29) is 5.69 Å². The molecule has 1 heterocycles. The Morgan fingerprint density at radius 3 is 2.66 bits per heavy atom. The fourth-order valence-electron chi connectivity index (χ4n) is 3.05. The lowest BCUT2D eigenvalue weighted by atomic mass is 10.1. The van der Waals surface area contributed by atoms with Gasteiger partial charge in [0.2, 0.25) is 0 Å². The Hall–Kier alpha value is -4.59. The molecule has 1 amide bonds. The van der Waals surface area contributed by atoms with E-state index in [0.717, 1.165) is 16.5 Å². The predicted octanol–water partition coefficient (Wildman–Crippen LogP) is 4.49. The van der Waals surface area contributed by atoms with Crippen LogP contribution >= 0.6 is 0 Å². The number of carbonyl (C=O) groups excluding carboxylic acids is 1. The Labute approximate surface area is 183 Å². The molecular weight excluding hydrogens is 408 g/mol. The van der Waals surface area contributed by atoms with Gasteiger partial charge in [-0.3, -0.25) is 19.9 Å². The molecule has 0 radical (unpaired) electrons. The third-order valence-corrected chi connectivity index (χ3v) is 4.67. The first-order chi connectivity index (χ1) is 15.6. The molecule has 0 unspecified atom stereocenters. The van der Waals surface area contributed by atoms with Gasteiger partial charge < -0.3 is 4.74 Å². The van der Waals surface area contributed by atoms with Gasteiger partial charge in [-0.25, -0.2) is 5.43 Å². The highest BCUT2D eigenvalue weighted by molar-refractivity contribution is 5.95. The Morgan fingerprint density at radius 2 is 1.84 bits per heavy atom. The second-order valence-electron chi connectivity index (χ2n) is 6.87. The molecule has 4 aromatic rings. The van der Waals surface area contributed by atoms with Crippen molar-refractivity contribution in [1.29, 1.82) is 0 Å². The van der Waals surface area contributed by atoms with E-state index >= 15 is 0 Å². The number of nitrogens with zero attached hydrogens (tertiary/aromatic N) is 3. The Morgan fingerprint density at radius 1 is 1.06 bits per heavy atom. The van der Waals surface area contributed by atoms with E-state index in [4.69, 9.17) is 4.74 Å². The van der Waals surface area contributed by atoms with Crippen molar-refractivity contribution < 1.29 is 14.5 Å². The topological polar surface area (TPSA) is 107 Å². The van der Waals surface area contributed by atoms with Gasteiger partial charge >= 0.3 is 0 Å². The second-order valence-corrected chi connectivity index (χ2v) is 6.87. The number of hydrazone groups is 1. The Kier molecular flexibility index (Phi) is 6.12. The largest absolute Gasteiger partial charge is 0.487 e. The van der Waals surface area contributed by atoms with E-state index in [1.165, 1.54) is 18.3 Å². The number of hydrogen-bond donors (Lipinski definition) is 1. The molecule has 0 aliphatic rings. The summed E-state index contributed by atoms with van der Waals surface area (Å²) in [6, 6.07) is 22.6. The Balaban J connectivity index is 1.35. The summed E-state index contributed by atoms with van der Waals surface area (Å²) in [4.78, 5) is 27.0. The molecule has 0 aliphatic carbocycles. The lowest BCUT2D eigenvalue weighted by Gasteiger charge is -2.09. The molecule has 0 spiro atoms. The van der Waals surface area contributed by atoms with Crippen LogP contribution in [0.4, 0.5) is 5.69 Å². The molecule has 158 valence electrons. The first-order valence-corrected chi connectivity index (χ1v) is 9.73. The molecular formula is C24H18N4O4. The second kappa shape index (κ2) is 9.48. The molecule has 3 aromatic carbocycles. The SMILES string of the molecule is O=C(NN=Cc1cccc([N+](=O)[O-])c1)c1ccc(COc2cccc3cccnc23)cc1. The van der Waals surface area contributed by atoms with Crippen molar-refractivity contribution in [1.82, 2.24) is 10.4 Å². The molecule has 8 heteroatoms. The number of nitro groups is 1. The Bertz CT molecular complexity index is 1300.